The molecule has 0 bridgehead atoms. The van der Waals surface area contributed by atoms with Crippen LogP contribution in [0.25, 0.3) is 0 Å². The van der Waals surface area contributed by atoms with E-state index in [2.05, 4.69) is 15.9 Å². The first kappa shape index (κ1) is 12.2. The van der Waals surface area contributed by atoms with Crippen LogP contribution in [0.1, 0.15) is 23.2 Å². The summed E-state index contributed by atoms with van der Waals surface area (Å²) in [6.45, 7) is 0.545. The summed E-state index contributed by atoms with van der Waals surface area (Å²) >= 11 is 3.34. The smallest absolute Gasteiger partial charge is 0.162 e. The Hall–Kier alpha value is -0.870. The molecule has 0 aromatic heterocycles. The first-order valence-electron chi connectivity index (χ1n) is 4.76. The fraction of sp³-hybridized carbons (Fsp3) is 0.364. The van der Waals surface area contributed by atoms with Gasteiger partial charge in [0.2, 0.25) is 0 Å². The molecule has 0 radical (unpaired) electrons. The third-order valence-electron chi connectivity index (χ3n) is 2.08. The number of nitrogens with two attached hydrogens (primary N) is 1. The second kappa shape index (κ2) is 5.88. The maximum atomic E-state index is 11.6. The van der Waals surface area contributed by atoms with Crippen molar-refractivity contribution in [1.82, 2.24) is 0 Å². The molecular weight excluding hydrogens is 258 g/mol. The van der Waals surface area contributed by atoms with Gasteiger partial charge in [-0.15, -0.1) is 0 Å². The van der Waals surface area contributed by atoms with Crippen molar-refractivity contribution in [2.75, 3.05) is 13.7 Å². The lowest BCUT2D eigenvalue weighted by molar-refractivity contribution is 0.0980. The topological polar surface area (TPSA) is 52.3 Å². The number of halogens is 1. The van der Waals surface area contributed by atoms with Crippen molar-refractivity contribution >= 4 is 21.7 Å². The molecule has 0 atom stereocenters. The number of methoxy groups -OCH3 is 1. The van der Waals surface area contributed by atoms with Crippen LogP contribution in [0.2, 0.25) is 0 Å². The molecule has 15 heavy (non-hydrogen) atoms. The third-order valence-corrected chi connectivity index (χ3v) is 2.70. The summed E-state index contributed by atoms with van der Waals surface area (Å²) < 4.78 is 5.88. The van der Waals surface area contributed by atoms with Gasteiger partial charge in [-0.2, -0.15) is 0 Å². The second-order valence-electron chi connectivity index (χ2n) is 3.16. The number of Topliss-reactive ketones (excluding diaryl/α,β-unsaturated/α-hetero) is 1. The van der Waals surface area contributed by atoms with Crippen molar-refractivity contribution < 1.29 is 9.53 Å². The van der Waals surface area contributed by atoms with Gasteiger partial charge in [0.25, 0.3) is 0 Å². The number of hydrogen-bond donors (Lipinski definition) is 1. The molecule has 82 valence electrons. The highest BCUT2D eigenvalue weighted by Gasteiger charge is 2.08. The van der Waals surface area contributed by atoms with Crippen molar-refractivity contribution in [3.05, 3.63) is 28.2 Å². The summed E-state index contributed by atoms with van der Waals surface area (Å²) in [4.78, 5) is 11.6. The quantitative estimate of drug-likeness (QED) is 0.837. The van der Waals surface area contributed by atoms with Crippen LogP contribution in [-0.4, -0.2) is 19.4 Å². The molecule has 0 aliphatic carbocycles. The number of carbonyl (C=O) groups is 1. The van der Waals surface area contributed by atoms with E-state index in [9.17, 15) is 4.79 Å². The summed E-state index contributed by atoms with van der Waals surface area (Å²) in [6.07, 6.45) is 1.22. The standard InChI is InChI=1S/C11H14BrNO2/c1-15-11-5-4-8(7-9(11)12)10(14)3-2-6-13/h4-5,7H,2-3,6,13H2,1H3. The van der Waals surface area contributed by atoms with Gasteiger partial charge in [0.05, 0.1) is 11.6 Å². The molecular formula is C11H14BrNO2. The van der Waals surface area contributed by atoms with Crippen LogP contribution in [-0.2, 0) is 0 Å². The van der Waals surface area contributed by atoms with Gasteiger partial charge in [0.15, 0.2) is 5.78 Å². The van der Waals surface area contributed by atoms with Gasteiger partial charge < -0.3 is 10.5 Å². The molecule has 0 aliphatic rings. The van der Waals surface area contributed by atoms with Crippen LogP contribution in [0.4, 0.5) is 0 Å². The summed E-state index contributed by atoms with van der Waals surface area (Å²) in [5.41, 5.74) is 6.04. The monoisotopic (exact) mass is 271 g/mol. The fourth-order valence-corrected chi connectivity index (χ4v) is 1.79. The van der Waals surface area contributed by atoms with Gasteiger partial charge in [-0.05, 0) is 47.1 Å². The molecule has 2 N–H and O–H groups in total. The van der Waals surface area contributed by atoms with Gasteiger partial charge in [-0.25, -0.2) is 0 Å². The van der Waals surface area contributed by atoms with Crippen molar-refractivity contribution in [2.45, 2.75) is 12.8 Å². The van der Waals surface area contributed by atoms with Crippen LogP contribution in [0.5, 0.6) is 5.75 Å². The lowest BCUT2D eigenvalue weighted by Crippen LogP contribution is -2.05. The minimum absolute atomic E-state index is 0.115. The number of benzene rings is 1. The van der Waals surface area contributed by atoms with E-state index < -0.39 is 0 Å². The van der Waals surface area contributed by atoms with E-state index in [-0.39, 0.29) is 5.78 Å². The van der Waals surface area contributed by atoms with Crippen LogP contribution in [0.15, 0.2) is 22.7 Å². The van der Waals surface area contributed by atoms with Crippen LogP contribution >= 0.6 is 15.9 Å². The molecule has 0 aliphatic heterocycles. The van der Waals surface area contributed by atoms with Crippen molar-refractivity contribution in [1.29, 1.82) is 0 Å². The average molecular weight is 272 g/mol. The van der Waals surface area contributed by atoms with Gasteiger partial charge in [-0.3, -0.25) is 4.79 Å². The average Bonchev–Trinajstić information content (AvgIpc) is 2.25. The Morgan fingerprint density at radius 3 is 2.80 bits per heavy atom. The summed E-state index contributed by atoms with van der Waals surface area (Å²) in [7, 11) is 1.59. The fourth-order valence-electron chi connectivity index (χ4n) is 1.25. The Kier molecular flexibility index (Phi) is 4.78. The Morgan fingerprint density at radius 1 is 1.53 bits per heavy atom. The molecule has 0 heterocycles. The lowest BCUT2D eigenvalue weighted by Gasteiger charge is -2.05. The van der Waals surface area contributed by atoms with Gasteiger partial charge in [0.1, 0.15) is 5.75 Å². The molecule has 0 fully saturated rings. The van der Waals surface area contributed by atoms with Gasteiger partial charge in [-0.1, -0.05) is 0 Å². The molecule has 1 aromatic rings. The van der Waals surface area contributed by atoms with Crippen LogP contribution in [0.3, 0.4) is 0 Å². The highest BCUT2D eigenvalue weighted by atomic mass is 79.9. The first-order valence-corrected chi connectivity index (χ1v) is 5.55. The van der Waals surface area contributed by atoms with E-state index in [0.717, 1.165) is 16.6 Å². The highest BCUT2D eigenvalue weighted by Crippen LogP contribution is 2.26. The number of ketones is 1. The summed E-state index contributed by atoms with van der Waals surface area (Å²) in [6, 6.07) is 5.32. The van der Waals surface area contributed by atoms with Crippen molar-refractivity contribution in [3.63, 3.8) is 0 Å². The van der Waals surface area contributed by atoms with Crippen molar-refractivity contribution in [2.24, 2.45) is 5.73 Å². The minimum Gasteiger partial charge on any atom is -0.496 e. The molecule has 1 aromatic carbocycles. The zero-order valence-corrected chi connectivity index (χ0v) is 10.2. The number of hydrogen-bond acceptors (Lipinski definition) is 3. The molecule has 4 heteroatoms. The van der Waals surface area contributed by atoms with E-state index >= 15 is 0 Å². The number of ether oxygens (including phenoxy) is 1. The van der Waals surface area contributed by atoms with E-state index in [1.54, 1.807) is 25.3 Å². The van der Waals surface area contributed by atoms with E-state index in [0.29, 0.717) is 18.5 Å². The molecule has 1 rings (SSSR count). The zero-order valence-electron chi connectivity index (χ0n) is 8.63. The molecule has 0 spiro atoms. The lowest BCUT2D eigenvalue weighted by atomic mass is 10.1. The Morgan fingerprint density at radius 2 is 2.27 bits per heavy atom. The third kappa shape index (κ3) is 3.32. The Labute approximate surface area is 97.7 Å². The Balaban J connectivity index is 2.78. The van der Waals surface area contributed by atoms with E-state index in [1.165, 1.54) is 0 Å². The minimum atomic E-state index is 0.115. The maximum absolute atomic E-state index is 11.6. The van der Waals surface area contributed by atoms with Crippen molar-refractivity contribution in [3.8, 4) is 5.75 Å². The molecule has 3 nitrogen and oxygen atoms in total. The predicted molar refractivity (Wildman–Crippen MR) is 63.3 cm³/mol. The summed E-state index contributed by atoms with van der Waals surface area (Å²) in [5.74, 6) is 0.842. The van der Waals surface area contributed by atoms with Gasteiger partial charge >= 0.3 is 0 Å². The molecule has 0 saturated heterocycles. The Bertz CT molecular complexity index is 352. The van der Waals surface area contributed by atoms with E-state index in [4.69, 9.17) is 10.5 Å². The summed E-state index contributed by atoms with van der Waals surface area (Å²) in [5, 5.41) is 0. The largest absolute Gasteiger partial charge is 0.496 e. The zero-order chi connectivity index (χ0) is 11.3. The number of rotatable bonds is 5. The molecule has 0 unspecified atom stereocenters. The van der Waals surface area contributed by atoms with E-state index in [1.807, 2.05) is 0 Å². The molecule has 0 saturated carbocycles. The van der Waals surface area contributed by atoms with Crippen LogP contribution in [0, 0.1) is 0 Å². The van der Waals surface area contributed by atoms with Gasteiger partial charge in [0, 0.05) is 12.0 Å². The normalized spacial score (nSPS) is 10.1. The van der Waals surface area contributed by atoms with Crippen LogP contribution < -0.4 is 10.5 Å². The predicted octanol–water partition coefficient (Wildman–Crippen LogP) is 2.38. The second-order valence-corrected chi connectivity index (χ2v) is 4.02. The first-order chi connectivity index (χ1) is 7.19. The highest BCUT2D eigenvalue weighted by molar-refractivity contribution is 9.10. The SMILES string of the molecule is COc1ccc(C(=O)CCCN)cc1Br. The number of carbonyl (C=O) groups excluding carboxylic acids is 1. The molecule has 0 amide bonds. The maximum Gasteiger partial charge on any atom is 0.162 e.